The zero-order chi connectivity index (χ0) is 19.7. The molecule has 144 valence electrons. The highest BCUT2D eigenvalue weighted by Crippen LogP contribution is 2.30. The highest BCUT2D eigenvalue weighted by molar-refractivity contribution is 7.18. The van der Waals surface area contributed by atoms with Crippen molar-refractivity contribution in [1.29, 1.82) is 0 Å². The van der Waals surface area contributed by atoms with Gasteiger partial charge in [-0.1, -0.05) is 18.2 Å². The van der Waals surface area contributed by atoms with Gasteiger partial charge in [-0.25, -0.2) is 9.97 Å². The molecule has 4 rings (SSSR count). The molecule has 0 bridgehead atoms. The van der Waals surface area contributed by atoms with Gasteiger partial charge in [0.1, 0.15) is 17.0 Å². The molecule has 0 unspecified atom stereocenters. The second-order valence-corrected chi connectivity index (χ2v) is 8.07. The Hall–Kier alpha value is -3.00. The van der Waals surface area contributed by atoms with Crippen molar-refractivity contribution in [1.82, 2.24) is 14.9 Å². The van der Waals surface area contributed by atoms with E-state index in [1.807, 2.05) is 11.0 Å². The van der Waals surface area contributed by atoms with Gasteiger partial charge in [-0.15, -0.1) is 11.3 Å². The van der Waals surface area contributed by atoms with Crippen LogP contribution >= 0.6 is 11.3 Å². The van der Waals surface area contributed by atoms with Gasteiger partial charge in [0.15, 0.2) is 0 Å². The Morgan fingerprint density at radius 1 is 1.14 bits per heavy atom. The third-order valence-electron chi connectivity index (χ3n) is 4.99. The van der Waals surface area contributed by atoms with Gasteiger partial charge in [-0.3, -0.25) is 9.59 Å². The number of piperazine rings is 1. The molecule has 0 saturated carbocycles. The van der Waals surface area contributed by atoms with Crippen molar-refractivity contribution in [2.75, 3.05) is 31.1 Å². The Morgan fingerprint density at radius 3 is 2.64 bits per heavy atom. The van der Waals surface area contributed by atoms with Crippen LogP contribution in [0.2, 0.25) is 0 Å². The summed E-state index contributed by atoms with van der Waals surface area (Å²) < 4.78 is 0. The zero-order valence-electron chi connectivity index (χ0n) is 15.6. The lowest BCUT2D eigenvalue weighted by Crippen LogP contribution is -2.49. The molecule has 3 heterocycles. The number of aryl methyl sites for hydroxylation is 1. The van der Waals surface area contributed by atoms with Crippen molar-refractivity contribution in [3.63, 3.8) is 0 Å². The molecule has 0 atom stereocenters. The van der Waals surface area contributed by atoms with Crippen LogP contribution < -0.4 is 10.6 Å². The first kappa shape index (κ1) is 18.4. The number of primary amides is 1. The van der Waals surface area contributed by atoms with Crippen LogP contribution in [0.15, 0.2) is 36.7 Å². The van der Waals surface area contributed by atoms with Crippen molar-refractivity contribution in [2.45, 2.75) is 13.3 Å². The molecule has 7 nitrogen and oxygen atoms in total. The smallest absolute Gasteiger partial charge is 0.248 e. The van der Waals surface area contributed by atoms with Crippen molar-refractivity contribution in [3.8, 4) is 0 Å². The number of benzene rings is 1. The van der Waals surface area contributed by atoms with E-state index in [0.29, 0.717) is 37.3 Å². The summed E-state index contributed by atoms with van der Waals surface area (Å²) in [5.74, 6) is 0.431. The highest BCUT2D eigenvalue weighted by Gasteiger charge is 2.24. The number of thiophene rings is 1. The summed E-state index contributed by atoms with van der Waals surface area (Å²) in [5.41, 5.74) is 6.50. The predicted octanol–water partition coefficient (Wildman–Crippen LogP) is 1.99. The summed E-state index contributed by atoms with van der Waals surface area (Å²) in [7, 11) is 0. The average Bonchev–Trinajstić information content (AvgIpc) is 3.08. The third-order valence-corrected chi connectivity index (χ3v) is 5.95. The molecule has 8 heteroatoms. The number of anilines is 1. The van der Waals surface area contributed by atoms with E-state index in [-0.39, 0.29) is 12.3 Å². The van der Waals surface area contributed by atoms with Gasteiger partial charge in [0.05, 0.1) is 11.8 Å². The first-order valence-electron chi connectivity index (χ1n) is 9.14. The van der Waals surface area contributed by atoms with E-state index in [2.05, 4.69) is 27.9 Å². The molecule has 1 aliphatic heterocycles. The molecule has 0 spiro atoms. The Kier molecular flexibility index (Phi) is 4.95. The van der Waals surface area contributed by atoms with E-state index in [9.17, 15) is 9.59 Å². The lowest BCUT2D eigenvalue weighted by Gasteiger charge is -2.35. The maximum absolute atomic E-state index is 12.7. The van der Waals surface area contributed by atoms with E-state index in [1.54, 1.807) is 35.9 Å². The van der Waals surface area contributed by atoms with E-state index in [4.69, 9.17) is 5.73 Å². The topological polar surface area (TPSA) is 92.4 Å². The maximum atomic E-state index is 12.7. The minimum atomic E-state index is -0.507. The Labute approximate surface area is 166 Å². The Balaban J connectivity index is 1.44. The lowest BCUT2D eigenvalue weighted by molar-refractivity contribution is -0.130. The van der Waals surface area contributed by atoms with Gasteiger partial charge in [0.2, 0.25) is 11.8 Å². The number of nitrogens with two attached hydrogens (primary N) is 1. The average molecular weight is 395 g/mol. The maximum Gasteiger partial charge on any atom is 0.248 e. The standard InChI is InChI=1S/C20H21N5O2S/c1-13-10-16-19(22-12-23-20(16)28-13)25-8-6-24(7-9-25)17(26)11-14-4-2-3-5-15(14)18(21)27/h2-5,10,12H,6-9,11H2,1H3,(H2,21,27). The number of aromatic nitrogens is 2. The van der Waals surface area contributed by atoms with Crippen LogP contribution in [-0.4, -0.2) is 52.9 Å². The van der Waals surface area contributed by atoms with Crippen molar-refractivity contribution in [3.05, 3.63) is 52.7 Å². The fourth-order valence-electron chi connectivity index (χ4n) is 3.57. The lowest BCUT2D eigenvalue weighted by atomic mass is 10.0. The zero-order valence-corrected chi connectivity index (χ0v) is 16.4. The monoisotopic (exact) mass is 395 g/mol. The number of carbonyl (C=O) groups is 2. The van der Waals surface area contributed by atoms with Crippen LogP contribution in [0.5, 0.6) is 0 Å². The molecule has 3 aromatic rings. The largest absolute Gasteiger partial charge is 0.366 e. The summed E-state index contributed by atoms with van der Waals surface area (Å²) in [6.07, 6.45) is 1.78. The molecule has 2 aromatic heterocycles. The van der Waals surface area contributed by atoms with Gasteiger partial charge in [0, 0.05) is 36.6 Å². The minimum Gasteiger partial charge on any atom is -0.366 e. The van der Waals surface area contributed by atoms with Crippen LogP contribution in [0, 0.1) is 6.92 Å². The number of rotatable bonds is 4. The second kappa shape index (κ2) is 7.55. The van der Waals surface area contributed by atoms with Crippen molar-refractivity contribution >= 4 is 39.2 Å². The molecule has 28 heavy (non-hydrogen) atoms. The number of fused-ring (bicyclic) bond motifs is 1. The summed E-state index contributed by atoms with van der Waals surface area (Å²) in [6.45, 7) is 4.73. The van der Waals surface area contributed by atoms with Crippen LogP contribution in [0.3, 0.4) is 0 Å². The summed E-state index contributed by atoms with van der Waals surface area (Å²) in [5, 5.41) is 1.07. The van der Waals surface area contributed by atoms with E-state index in [0.717, 1.165) is 16.0 Å². The van der Waals surface area contributed by atoms with Gasteiger partial charge in [-0.05, 0) is 24.6 Å². The number of amides is 2. The number of hydrogen-bond acceptors (Lipinski definition) is 6. The number of carbonyl (C=O) groups excluding carboxylic acids is 2. The Morgan fingerprint density at radius 2 is 1.89 bits per heavy atom. The molecule has 0 aliphatic carbocycles. The fourth-order valence-corrected chi connectivity index (χ4v) is 4.41. The first-order chi connectivity index (χ1) is 13.5. The predicted molar refractivity (Wildman–Crippen MR) is 110 cm³/mol. The van der Waals surface area contributed by atoms with Crippen molar-refractivity contribution < 1.29 is 9.59 Å². The van der Waals surface area contributed by atoms with Crippen LogP contribution in [-0.2, 0) is 11.2 Å². The molecule has 1 fully saturated rings. The van der Waals surface area contributed by atoms with E-state index in [1.165, 1.54) is 4.88 Å². The summed E-state index contributed by atoms with van der Waals surface area (Å²) in [4.78, 5) is 39.4. The van der Waals surface area contributed by atoms with E-state index < -0.39 is 5.91 Å². The van der Waals surface area contributed by atoms with Gasteiger partial charge < -0.3 is 15.5 Å². The summed E-state index contributed by atoms with van der Waals surface area (Å²) >= 11 is 1.66. The molecule has 1 saturated heterocycles. The van der Waals surface area contributed by atoms with Crippen LogP contribution in [0.25, 0.3) is 10.2 Å². The molecule has 1 aromatic carbocycles. The normalized spacial score (nSPS) is 14.5. The number of hydrogen-bond donors (Lipinski definition) is 1. The van der Waals surface area contributed by atoms with Gasteiger partial charge >= 0.3 is 0 Å². The molecule has 2 N–H and O–H groups in total. The van der Waals surface area contributed by atoms with Gasteiger partial charge in [0.25, 0.3) is 0 Å². The quantitative estimate of drug-likeness (QED) is 0.729. The summed E-state index contributed by atoms with van der Waals surface area (Å²) in [6, 6.07) is 9.13. The Bertz CT molecular complexity index is 1040. The molecule has 1 aliphatic rings. The molecule has 2 amide bonds. The van der Waals surface area contributed by atoms with Crippen molar-refractivity contribution in [2.24, 2.45) is 5.73 Å². The minimum absolute atomic E-state index is 0.00700. The molecular formula is C20H21N5O2S. The number of nitrogens with zero attached hydrogens (tertiary/aromatic N) is 4. The van der Waals surface area contributed by atoms with Gasteiger partial charge in [-0.2, -0.15) is 0 Å². The molecular weight excluding hydrogens is 374 g/mol. The first-order valence-corrected chi connectivity index (χ1v) is 9.96. The van der Waals surface area contributed by atoms with Crippen LogP contribution in [0.4, 0.5) is 5.82 Å². The molecule has 0 radical (unpaired) electrons. The fraction of sp³-hybridized carbons (Fsp3) is 0.300. The second-order valence-electron chi connectivity index (χ2n) is 6.84. The SMILES string of the molecule is Cc1cc2c(N3CCN(C(=O)Cc4ccccc4C(N)=O)CC3)ncnc2s1. The van der Waals surface area contributed by atoms with Crippen LogP contribution in [0.1, 0.15) is 20.8 Å². The third kappa shape index (κ3) is 3.55. The highest BCUT2D eigenvalue weighted by atomic mass is 32.1. The van der Waals surface area contributed by atoms with E-state index >= 15 is 0 Å².